The van der Waals surface area contributed by atoms with Crippen LogP contribution in [0.2, 0.25) is 5.02 Å². The van der Waals surface area contributed by atoms with E-state index in [1.54, 1.807) is 11.0 Å². The van der Waals surface area contributed by atoms with Crippen LogP contribution in [0.15, 0.2) is 18.3 Å². The van der Waals surface area contributed by atoms with Gasteiger partial charge in [-0.05, 0) is 25.0 Å². The van der Waals surface area contributed by atoms with Gasteiger partial charge in [0.2, 0.25) is 5.91 Å². The van der Waals surface area contributed by atoms with E-state index in [0.717, 1.165) is 0 Å². The summed E-state index contributed by atoms with van der Waals surface area (Å²) in [6, 6.07) is 2.94. The second kappa shape index (κ2) is 6.29. The predicted molar refractivity (Wildman–Crippen MR) is 86.0 cm³/mol. The van der Waals surface area contributed by atoms with Crippen molar-refractivity contribution in [2.45, 2.75) is 31.8 Å². The lowest BCUT2D eigenvalue weighted by Crippen LogP contribution is -2.44. The topological polar surface area (TPSA) is 69.2 Å². The average molecular weight is 358 g/mol. The van der Waals surface area contributed by atoms with Gasteiger partial charge in [-0.25, -0.2) is 8.78 Å². The van der Waals surface area contributed by atoms with Crippen LogP contribution in [0.4, 0.5) is 8.78 Å². The molecule has 2 aromatic rings. The highest BCUT2D eigenvalue weighted by Gasteiger charge is 2.48. The van der Waals surface area contributed by atoms with Crippen molar-refractivity contribution in [2.24, 2.45) is 5.92 Å². The van der Waals surface area contributed by atoms with Gasteiger partial charge >= 0.3 is 0 Å². The van der Waals surface area contributed by atoms with Crippen LogP contribution in [-0.4, -0.2) is 45.1 Å². The molecule has 1 aliphatic heterocycles. The maximum absolute atomic E-state index is 14.9. The smallest absolute Gasteiger partial charge is 0.280 e. The van der Waals surface area contributed by atoms with Gasteiger partial charge in [0.25, 0.3) is 5.92 Å². The first-order valence-corrected chi connectivity index (χ1v) is 8.12. The normalized spacial score (nSPS) is 18.1. The maximum Gasteiger partial charge on any atom is 0.280 e. The number of benzene rings is 1. The molecule has 1 aromatic carbocycles. The highest BCUT2D eigenvalue weighted by molar-refractivity contribution is 6.31. The third-order valence-electron chi connectivity index (χ3n) is 4.69. The van der Waals surface area contributed by atoms with Gasteiger partial charge in [-0.15, -0.1) is 0 Å². The van der Waals surface area contributed by atoms with Crippen LogP contribution in [0, 0.1) is 5.92 Å². The molecule has 1 amide bonds. The number of aliphatic hydroxyl groups is 1. The minimum Gasteiger partial charge on any atom is -0.382 e. The van der Waals surface area contributed by atoms with Crippen molar-refractivity contribution in [3.8, 4) is 0 Å². The summed E-state index contributed by atoms with van der Waals surface area (Å²) in [6.07, 6.45) is -0.221. The molecule has 0 bridgehead atoms. The number of aromatic amines is 1. The zero-order valence-electron chi connectivity index (χ0n) is 13.1. The van der Waals surface area contributed by atoms with Gasteiger partial charge in [-0.1, -0.05) is 11.6 Å². The number of alkyl halides is 2. The molecule has 24 heavy (non-hydrogen) atoms. The third kappa shape index (κ3) is 2.98. The maximum atomic E-state index is 14.9. The Morgan fingerprint density at radius 2 is 2.12 bits per heavy atom. The number of rotatable bonds is 3. The summed E-state index contributed by atoms with van der Waals surface area (Å²) in [5, 5.41) is 17.7. The Morgan fingerprint density at radius 1 is 1.46 bits per heavy atom. The minimum atomic E-state index is -3.33. The first-order chi connectivity index (χ1) is 11.3. The fourth-order valence-electron chi connectivity index (χ4n) is 3.27. The summed E-state index contributed by atoms with van der Waals surface area (Å²) in [7, 11) is 0. The lowest BCUT2D eigenvalue weighted by Gasteiger charge is -2.37. The Morgan fingerprint density at radius 3 is 2.75 bits per heavy atom. The highest BCUT2D eigenvalue weighted by atomic mass is 35.5. The molecule has 0 radical (unpaired) electrons. The van der Waals surface area contributed by atoms with Crippen molar-refractivity contribution < 1.29 is 18.7 Å². The Bertz CT molecular complexity index is 757. The highest BCUT2D eigenvalue weighted by Crippen LogP contribution is 2.44. The summed E-state index contributed by atoms with van der Waals surface area (Å²) < 4.78 is 29.7. The minimum absolute atomic E-state index is 0.0361. The fourth-order valence-corrected chi connectivity index (χ4v) is 3.51. The van der Waals surface area contributed by atoms with Gasteiger partial charge in [0, 0.05) is 41.9 Å². The molecule has 1 aromatic heterocycles. The SMILES string of the molecule is CC(=O)N1CCC(C(F)(F)C(O)c2cc(Cl)cc3cn[nH]c23)CC1. The van der Waals surface area contributed by atoms with E-state index in [4.69, 9.17) is 11.6 Å². The number of carbonyl (C=O) groups is 1. The lowest BCUT2D eigenvalue weighted by atomic mass is 9.85. The second-order valence-electron chi connectivity index (χ2n) is 6.19. The quantitative estimate of drug-likeness (QED) is 0.886. The van der Waals surface area contributed by atoms with Gasteiger partial charge in [0.1, 0.15) is 6.10 Å². The number of hydrogen-bond acceptors (Lipinski definition) is 3. The molecule has 0 aliphatic carbocycles. The molecule has 130 valence electrons. The molecule has 0 spiro atoms. The zero-order chi connectivity index (χ0) is 17.5. The van der Waals surface area contributed by atoms with Crippen LogP contribution in [0.25, 0.3) is 10.9 Å². The molecule has 8 heteroatoms. The zero-order valence-corrected chi connectivity index (χ0v) is 13.9. The van der Waals surface area contributed by atoms with Gasteiger partial charge in [0.05, 0.1) is 11.7 Å². The van der Waals surface area contributed by atoms with Crippen LogP contribution in [-0.2, 0) is 4.79 Å². The van der Waals surface area contributed by atoms with Gasteiger partial charge in [-0.2, -0.15) is 5.10 Å². The molecular weight excluding hydrogens is 340 g/mol. The van der Waals surface area contributed by atoms with Crippen molar-refractivity contribution in [1.29, 1.82) is 0 Å². The van der Waals surface area contributed by atoms with Gasteiger partial charge in [-0.3, -0.25) is 9.89 Å². The van der Waals surface area contributed by atoms with Gasteiger partial charge < -0.3 is 10.0 Å². The molecule has 5 nitrogen and oxygen atoms in total. The summed E-state index contributed by atoms with van der Waals surface area (Å²) in [5.41, 5.74) is 0.391. The van der Waals surface area contributed by atoms with Crippen molar-refractivity contribution in [3.63, 3.8) is 0 Å². The van der Waals surface area contributed by atoms with Crippen LogP contribution in [0.5, 0.6) is 0 Å². The number of hydrogen-bond donors (Lipinski definition) is 2. The summed E-state index contributed by atoms with van der Waals surface area (Å²) in [5.74, 6) is -4.45. The molecule has 2 N–H and O–H groups in total. The van der Waals surface area contributed by atoms with E-state index < -0.39 is 17.9 Å². The van der Waals surface area contributed by atoms with Crippen LogP contribution >= 0.6 is 11.6 Å². The summed E-state index contributed by atoms with van der Waals surface area (Å²) in [6.45, 7) is 1.98. The molecule has 0 saturated carbocycles. The van der Waals surface area contributed by atoms with Gasteiger partial charge in [0.15, 0.2) is 0 Å². The monoisotopic (exact) mass is 357 g/mol. The number of nitrogens with zero attached hydrogens (tertiary/aromatic N) is 2. The first-order valence-electron chi connectivity index (χ1n) is 7.74. The average Bonchev–Trinajstić information content (AvgIpc) is 3.01. The Balaban J connectivity index is 1.86. The van der Waals surface area contributed by atoms with Crippen LogP contribution in [0.3, 0.4) is 0 Å². The number of H-pyrrole nitrogens is 1. The number of nitrogens with one attached hydrogen (secondary N) is 1. The number of fused-ring (bicyclic) bond motifs is 1. The molecule has 1 fully saturated rings. The summed E-state index contributed by atoms with van der Waals surface area (Å²) in [4.78, 5) is 12.9. The van der Waals surface area contributed by atoms with Crippen molar-refractivity contribution in [2.75, 3.05) is 13.1 Å². The molecule has 1 saturated heterocycles. The van der Waals surface area contributed by atoms with E-state index in [1.165, 1.54) is 19.2 Å². The Hall–Kier alpha value is -1.73. The number of amides is 1. The molecule has 3 rings (SSSR count). The number of carbonyl (C=O) groups excluding carboxylic acids is 1. The number of halogens is 3. The molecule has 1 unspecified atom stereocenters. The number of aromatic nitrogens is 2. The lowest BCUT2D eigenvalue weighted by molar-refractivity contribution is -0.163. The van der Waals surface area contributed by atoms with E-state index in [-0.39, 0.29) is 42.4 Å². The van der Waals surface area contributed by atoms with Crippen LogP contribution in [0.1, 0.15) is 31.4 Å². The number of aliphatic hydroxyl groups excluding tert-OH is 1. The van der Waals surface area contributed by atoms with E-state index in [1.807, 2.05) is 0 Å². The number of likely N-dealkylation sites (tertiary alicyclic amines) is 1. The second-order valence-corrected chi connectivity index (χ2v) is 6.62. The summed E-state index contributed by atoms with van der Waals surface area (Å²) >= 11 is 5.97. The fraction of sp³-hybridized carbons (Fsp3) is 0.500. The molecule has 1 atom stereocenters. The largest absolute Gasteiger partial charge is 0.382 e. The van der Waals surface area contributed by atoms with E-state index in [0.29, 0.717) is 10.9 Å². The third-order valence-corrected chi connectivity index (χ3v) is 4.91. The molecule has 1 aliphatic rings. The Kier molecular flexibility index (Phi) is 4.48. The predicted octanol–water partition coefficient (Wildman–Crippen LogP) is 3.14. The van der Waals surface area contributed by atoms with Crippen molar-refractivity contribution >= 4 is 28.4 Å². The van der Waals surface area contributed by atoms with E-state index in [9.17, 15) is 18.7 Å². The standard InChI is InChI=1S/C16H18ClF2N3O2/c1-9(23)22-4-2-11(3-5-22)16(18,19)15(24)13-7-12(17)6-10-8-20-21-14(10)13/h6-8,11,15,24H,2-5H2,1H3,(H,20,21). The van der Waals surface area contributed by atoms with Crippen molar-refractivity contribution in [3.05, 3.63) is 28.9 Å². The van der Waals surface area contributed by atoms with E-state index in [2.05, 4.69) is 10.2 Å². The Labute approximate surface area is 142 Å². The molecular formula is C16H18ClF2N3O2. The number of piperidine rings is 1. The molecule has 2 heterocycles. The van der Waals surface area contributed by atoms with Crippen LogP contribution < -0.4 is 0 Å². The van der Waals surface area contributed by atoms with E-state index >= 15 is 0 Å². The van der Waals surface area contributed by atoms with Crippen molar-refractivity contribution in [1.82, 2.24) is 15.1 Å². The first kappa shape index (κ1) is 17.1.